The number of amides is 1. The molecule has 0 N–H and O–H groups in total. The van der Waals surface area contributed by atoms with Gasteiger partial charge >= 0.3 is 0 Å². The van der Waals surface area contributed by atoms with Gasteiger partial charge in [-0.05, 0) is 31.5 Å². The van der Waals surface area contributed by atoms with Crippen LogP contribution in [0.5, 0.6) is 5.75 Å². The van der Waals surface area contributed by atoms with Gasteiger partial charge in [-0.1, -0.05) is 6.07 Å². The zero-order chi connectivity index (χ0) is 18.8. The molecule has 3 aromatic rings. The highest BCUT2D eigenvalue weighted by molar-refractivity contribution is 5.92. The molecule has 0 radical (unpaired) electrons. The van der Waals surface area contributed by atoms with Gasteiger partial charge in [0.2, 0.25) is 0 Å². The van der Waals surface area contributed by atoms with E-state index in [9.17, 15) is 4.79 Å². The minimum Gasteiger partial charge on any atom is -0.491 e. The van der Waals surface area contributed by atoms with E-state index < -0.39 is 0 Å². The predicted molar refractivity (Wildman–Crippen MR) is 99.1 cm³/mol. The van der Waals surface area contributed by atoms with Gasteiger partial charge in [-0.25, -0.2) is 15.0 Å². The topological polar surface area (TPSA) is 81.1 Å². The fraction of sp³-hybridized carbons (Fsp3) is 0.250. The number of rotatable bonds is 2. The Hall–Kier alpha value is -3.35. The molecule has 7 heteroatoms. The van der Waals surface area contributed by atoms with Gasteiger partial charge in [-0.15, -0.1) is 0 Å². The second kappa shape index (κ2) is 7.11. The van der Waals surface area contributed by atoms with Crippen LogP contribution >= 0.6 is 0 Å². The minimum atomic E-state index is -0.153. The smallest absolute Gasteiger partial charge is 0.274 e. The van der Waals surface area contributed by atoms with E-state index >= 15 is 0 Å². The number of hydrogen-bond donors (Lipinski definition) is 0. The first-order chi connectivity index (χ1) is 13.1. The second-order valence-electron chi connectivity index (χ2n) is 6.59. The summed E-state index contributed by atoms with van der Waals surface area (Å²) < 4.78 is 5.93. The van der Waals surface area contributed by atoms with Crippen molar-refractivity contribution in [3.8, 4) is 16.9 Å². The van der Waals surface area contributed by atoms with Crippen molar-refractivity contribution in [1.82, 2.24) is 24.8 Å². The maximum Gasteiger partial charge on any atom is 0.274 e. The van der Waals surface area contributed by atoms with Crippen molar-refractivity contribution in [3.05, 3.63) is 66.3 Å². The fourth-order valence-corrected chi connectivity index (χ4v) is 3.03. The molecular weight excluding hydrogens is 342 g/mol. The van der Waals surface area contributed by atoms with Crippen molar-refractivity contribution in [1.29, 1.82) is 0 Å². The van der Waals surface area contributed by atoms with Crippen LogP contribution in [0.1, 0.15) is 28.7 Å². The number of fused-ring (bicyclic) bond motifs is 1. The number of carbonyl (C=O) groups excluding carboxylic acids is 1. The first-order valence-corrected chi connectivity index (χ1v) is 8.72. The van der Waals surface area contributed by atoms with Gasteiger partial charge in [0, 0.05) is 29.7 Å². The quantitative estimate of drug-likeness (QED) is 0.698. The maximum atomic E-state index is 13.0. The molecule has 1 atom stereocenters. The Labute approximate surface area is 157 Å². The van der Waals surface area contributed by atoms with Crippen LogP contribution in [0.25, 0.3) is 11.1 Å². The molecule has 0 fully saturated rings. The van der Waals surface area contributed by atoms with E-state index in [4.69, 9.17) is 4.74 Å². The number of ether oxygens (including phenoxy) is 1. The summed E-state index contributed by atoms with van der Waals surface area (Å²) in [6.45, 7) is 4.67. The van der Waals surface area contributed by atoms with Crippen LogP contribution in [0.2, 0.25) is 0 Å². The second-order valence-corrected chi connectivity index (χ2v) is 6.59. The Morgan fingerprint density at radius 1 is 1.11 bits per heavy atom. The third-order valence-corrected chi connectivity index (χ3v) is 4.57. The molecule has 0 unspecified atom stereocenters. The summed E-state index contributed by atoms with van der Waals surface area (Å²) in [6.07, 6.45) is 8.16. The average molecular weight is 361 g/mol. The number of benzene rings is 1. The van der Waals surface area contributed by atoms with Crippen LogP contribution in [-0.4, -0.2) is 43.4 Å². The van der Waals surface area contributed by atoms with Crippen molar-refractivity contribution < 1.29 is 9.53 Å². The Bertz CT molecular complexity index is 960. The molecule has 0 saturated heterocycles. The maximum absolute atomic E-state index is 13.0. The van der Waals surface area contributed by atoms with E-state index in [1.165, 1.54) is 12.5 Å². The van der Waals surface area contributed by atoms with Crippen molar-refractivity contribution >= 4 is 5.91 Å². The van der Waals surface area contributed by atoms with Gasteiger partial charge in [0.15, 0.2) is 0 Å². The first-order valence-electron chi connectivity index (χ1n) is 8.72. The lowest BCUT2D eigenvalue weighted by Crippen LogP contribution is -2.40. The summed E-state index contributed by atoms with van der Waals surface area (Å²) in [5.41, 5.74) is 3.95. The van der Waals surface area contributed by atoms with Gasteiger partial charge in [-0.3, -0.25) is 9.78 Å². The molecular formula is C20H19N5O2. The molecule has 4 rings (SSSR count). The molecule has 0 bridgehead atoms. The van der Waals surface area contributed by atoms with Crippen LogP contribution < -0.4 is 4.74 Å². The number of hydrogen-bond acceptors (Lipinski definition) is 6. The average Bonchev–Trinajstić information content (AvgIpc) is 2.87. The summed E-state index contributed by atoms with van der Waals surface area (Å²) >= 11 is 0. The van der Waals surface area contributed by atoms with Crippen LogP contribution in [-0.2, 0) is 6.54 Å². The molecule has 1 amide bonds. The Morgan fingerprint density at radius 3 is 2.67 bits per heavy atom. The lowest BCUT2D eigenvalue weighted by Gasteiger charge is -2.25. The van der Waals surface area contributed by atoms with Gasteiger partial charge in [0.05, 0.1) is 24.5 Å². The van der Waals surface area contributed by atoms with Crippen molar-refractivity contribution in [3.63, 3.8) is 0 Å². The molecule has 3 heterocycles. The zero-order valence-electron chi connectivity index (χ0n) is 15.2. The standard InChI is InChI=1S/C20H19N5O2/c1-13-6-24-18(9-23-13)20(26)25-10-16-5-15(17-7-21-12-22-8-17)3-4-19(16)27-11-14(25)2/h3-9,12,14H,10-11H2,1-2H3/t14-/m0/s1. The number of aryl methyl sites for hydroxylation is 1. The van der Waals surface area contributed by atoms with Crippen LogP contribution in [0.15, 0.2) is 49.3 Å². The minimum absolute atomic E-state index is 0.0866. The van der Waals surface area contributed by atoms with Gasteiger partial charge < -0.3 is 9.64 Å². The molecule has 1 aliphatic heterocycles. The van der Waals surface area contributed by atoms with Crippen LogP contribution in [0.4, 0.5) is 0 Å². The lowest BCUT2D eigenvalue weighted by molar-refractivity contribution is 0.0639. The first kappa shape index (κ1) is 17.1. The van der Waals surface area contributed by atoms with Crippen LogP contribution in [0.3, 0.4) is 0 Å². The monoisotopic (exact) mass is 361 g/mol. The van der Waals surface area contributed by atoms with E-state index in [-0.39, 0.29) is 11.9 Å². The lowest BCUT2D eigenvalue weighted by atomic mass is 10.0. The summed E-state index contributed by atoms with van der Waals surface area (Å²) in [6, 6.07) is 5.85. The molecule has 0 saturated carbocycles. The van der Waals surface area contributed by atoms with Crippen LogP contribution in [0, 0.1) is 6.92 Å². The van der Waals surface area contributed by atoms with Crippen molar-refractivity contribution in [2.75, 3.05) is 6.61 Å². The summed E-state index contributed by atoms with van der Waals surface area (Å²) in [4.78, 5) is 31.3. The Kier molecular flexibility index (Phi) is 4.50. The zero-order valence-corrected chi connectivity index (χ0v) is 15.2. The van der Waals surface area contributed by atoms with Crippen molar-refractivity contribution in [2.45, 2.75) is 26.4 Å². The van der Waals surface area contributed by atoms with Crippen molar-refractivity contribution in [2.24, 2.45) is 0 Å². The molecule has 27 heavy (non-hydrogen) atoms. The highest BCUT2D eigenvalue weighted by Crippen LogP contribution is 2.30. The molecule has 0 aliphatic carbocycles. The highest BCUT2D eigenvalue weighted by atomic mass is 16.5. The number of aromatic nitrogens is 4. The molecule has 0 spiro atoms. The highest BCUT2D eigenvalue weighted by Gasteiger charge is 2.27. The fourth-order valence-electron chi connectivity index (χ4n) is 3.03. The Balaban J connectivity index is 1.67. The summed E-state index contributed by atoms with van der Waals surface area (Å²) in [7, 11) is 0. The predicted octanol–water partition coefficient (Wildman–Crippen LogP) is 2.67. The molecule has 2 aromatic heterocycles. The van der Waals surface area contributed by atoms with E-state index in [2.05, 4.69) is 19.9 Å². The SMILES string of the molecule is Cc1cnc(C(=O)N2Cc3cc(-c4cncnc4)ccc3OC[C@@H]2C)cn1. The molecule has 136 valence electrons. The largest absolute Gasteiger partial charge is 0.491 e. The summed E-state index contributed by atoms with van der Waals surface area (Å²) in [5, 5.41) is 0. The molecule has 7 nitrogen and oxygen atoms in total. The number of nitrogens with zero attached hydrogens (tertiary/aromatic N) is 5. The van der Waals surface area contributed by atoms with Gasteiger partial charge in [-0.2, -0.15) is 0 Å². The van der Waals surface area contributed by atoms with Gasteiger partial charge in [0.25, 0.3) is 5.91 Å². The third-order valence-electron chi connectivity index (χ3n) is 4.57. The molecule has 1 aliphatic rings. The van der Waals surface area contributed by atoms with E-state index in [0.717, 1.165) is 28.1 Å². The van der Waals surface area contributed by atoms with E-state index in [1.807, 2.05) is 32.0 Å². The summed E-state index contributed by atoms with van der Waals surface area (Å²) in [5.74, 6) is 0.632. The van der Waals surface area contributed by atoms with E-state index in [1.54, 1.807) is 23.5 Å². The van der Waals surface area contributed by atoms with E-state index in [0.29, 0.717) is 18.8 Å². The normalized spacial score (nSPS) is 16.2. The molecule has 1 aromatic carbocycles. The third kappa shape index (κ3) is 3.48. The Morgan fingerprint density at radius 2 is 1.93 bits per heavy atom. The van der Waals surface area contributed by atoms with Gasteiger partial charge in [0.1, 0.15) is 24.4 Å². The number of carbonyl (C=O) groups is 1.